The number of aryl methyl sites for hydroxylation is 1. The van der Waals surface area contributed by atoms with E-state index >= 15 is 0 Å². The number of anilines is 2. The number of rotatable bonds is 7. The first-order valence-electron chi connectivity index (χ1n) is 8.49. The molecule has 3 rings (SSSR count). The Hall–Kier alpha value is -2.99. The molecule has 138 valence electrons. The number of halogens is 2. The molecular formula is C20H18ClFN4O. The number of hydrogen-bond acceptors (Lipinski definition) is 4. The molecule has 3 aromatic rings. The molecule has 1 amide bonds. The first-order chi connectivity index (χ1) is 13.1. The Morgan fingerprint density at radius 1 is 1.11 bits per heavy atom. The number of hydrogen-bond donors (Lipinski definition) is 2. The molecule has 2 aromatic carbocycles. The van der Waals surface area contributed by atoms with E-state index in [1.54, 1.807) is 0 Å². The maximum Gasteiger partial charge on any atom is 0.274 e. The highest BCUT2D eigenvalue weighted by Crippen LogP contribution is 2.19. The Kier molecular flexibility index (Phi) is 6.33. The topological polar surface area (TPSA) is 66.9 Å². The summed E-state index contributed by atoms with van der Waals surface area (Å²) in [5.41, 5.74) is 1.87. The summed E-state index contributed by atoms with van der Waals surface area (Å²) in [4.78, 5) is 20.6. The van der Waals surface area contributed by atoms with Crippen molar-refractivity contribution in [2.45, 2.75) is 12.8 Å². The van der Waals surface area contributed by atoms with Gasteiger partial charge in [0.15, 0.2) is 0 Å². The van der Waals surface area contributed by atoms with E-state index in [0.29, 0.717) is 18.2 Å². The van der Waals surface area contributed by atoms with Crippen LogP contribution in [0.2, 0.25) is 5.02 Å². The van der Waals surface area contributed by atoms with Gasteiger partial charge in [-0.3, -0.25) is 4.79 Å². The third-order valence-electron chi connectivity index (χ3n) is 3.83. The molecule has 27 heavy (non-hydrogen) atoms. The summed E-state index contributed by atoms with van der Waals surface area (Å²) in [6.45, 7) is 0.688. The van der Waals surface area contributed by atoms with E-state index in [0.717, 1.165) is 12.8 Å². The van der Waals surface area contributed by atoms with Crippen LogP contribution >= 0.6 is 11.6 Å². The van der Waals surface area contributed by atoms with Crippen molar-refractivity contribution in [3.63, 3.8) is 0 Å². The molecule has 5 nitrogen and oxygen atoms in total. The van der Waals surface area contributed by atoms with E-state index in [9.17, 15) is 9.18 Å². The lowest BCUT2D eigenvalue weighted by Gasteiger charge is -2.08. The second-order valence-electron chi connectivity index (χ2n) is 5.86. The molecule has 1 aromatic heterocycles. The highest BCUT2D eigenvalue weighted by Gasteiger charge is 2.10. The number of carbonyl (C=O) groups is 1. The van der Waals surface area contributed by atoms with Gasteiger partial charge in [0.1, 0.15) is 11.5 Å². The Morgan fingerprint density at radius 2 is 1.93 bits per heavy atom. The lowest BCUT2D eigenvalue weighted by atomic mass is 10.1. The van der Waals surface area contributed by atoms with Crippen LogP contribution in [0, 0.1) is 5.82 Å². The van der Waals surface area contributed by atoms with Gasteiger partial charge in [-0.25, -0.2) is 14.4 Å². The van der Waals surface area contributed by atoms with Crippen molar-refractivity contribution in [3.8, 4) is 0 Å². The predicted molar refractivity (Wildman–Crippen MR) is 105 cm³/mol. The van der Waals surface area contributed by atoms with Crippen molar-refractivity contribution < 1.29 is 9.18 Å². The molecule has 0 radical (unpaired) electrons. The molecule has 7 heteroatoms. The molecule has 0 aliphatic heterocycles. The molecule has 0 spiro atoms. The van der Waals surface area contributed by atoms with E-state index in [-0.39, 0.29) is 10.7 Å². The highest BCUT2D eigenvalue weighted by molar-refractivity contribution is 6.31. The summed E-state index contributed by atoms with van der Waals surface area (Å²) in [5.74, 6) is -0.584. The molecule has 2 N–H and O–H groups in total. The second-order valence-corrected chi connectivity index (χ2v) is 6.27. The van der Waals surface area contributed by atoms with Crippen molar-refractivity contribution in [1.82, 2.24) is 9.97 Å². The quantitative estimate of drug-likeness (QED) is 0.586. The van der Waals surface area contributed by atoms with Crippen LogP contribution in [-0.4, -0.2) is 22.4 Å². The van der Waals surface area contributed by atoms with Gasteiger partial charge >= 0.3 is 0 Å². The summed E-state index contributed by atoms with van der Waals surface area (Å²) >= 11 is 5.72. The van der Waals surface area contributed by atoms with Gasteiger partial charge in [0.2, 0.25) is 5.95 Å². The fraction of sp³-hybridized carbons (Fsp3) is 0.150. The third-order valence-corrected chi connectivity index (χ3v) is 4.12. The molecule has 0 unspecified atom stereocenters. The van der Waals surface area contributed by atoms with Gasteiger partial charge in [-0.1, -0.05) is 41.9 Å². The zero-order chi connectivity index (χ0) is 19.1. The van der Waals surface area contributed by atoms with Crippen LogP contribution in [-0.2, 0) is 6.42 Å². The van der Waals surface area contributed by atoms with Crippen LogP contribution < -0.4 is 10.6 Å². The van der Waals surface area contributed by atoms with Gasteiger partial charge in [0.05, 0.1) is 5.02 Å². The number of nitrogens with one attached hydrogen (secondary N) is 2. The van der Waals surface area contributed by atoms with Crippen molar-refractivity contribution >= 4 is 29.1 Å². The van der Waals surface area contributed by atoms with Gasteiger partial charge in [-0.2, -0.15) is 0 Å². The zero-order valence-corrected chi connectivity index (χ0v) is 15.2. The van der Waals surface area contributed by atoms with Gasteiger partial charge in [0, 0.05) is 18.4 Å². The molecule has 0 aliphatic carbocycles. The summed E-state index contributed by atoms with van der Waals surface area (Å²) in [5, 5.41) is 5.69. The number of carbonyl (C=O) groups excluding carboxylic acids is 1. The van der Waals surface area contributed by atoms with E-state index in [1.807, 2.05) is 18.2 Å². The van der Waals surface area contributed by atoms with Crippen molar-refractivity contribution in [2.75, 3.05) is 17.2 Å². The van der Waals surface area contributed by atoms with Gasteiger partial charge in [0.25, 0.3) is 5.91 Å². The maximum atomic E-state index is 13.2. The maximum absolute atomic E-state index is 13.2. The average molecular weight is 385 g/mol. The average Bonchev–Trinajstić information content (AvgIpc) is 2.69. The minimum absolute atomic E-state index is 0.0590. The van der Waals surface area contributed by atoms with Crippen LogP contribution in [0.25, 0.3) is 0 Å². The van der Waals surface area contributed by atoms with Gasteiger partial charge < -0.3 is 10.6 Å². The number of amides is 1. The van der Waals surface area contributed by atoms with Crippen LogP contribution in [0.3, 0.4) is 0 Å². The minimum atomic E-state index is -0.543. The van der Waals surface area contributed by atoms with E-state index in [1.165, 1.54) is 36.0 Å². The molecule has 0 atom stereocenters. The van der Waals surface area contributed by atoms with Crippen LogP contribution in [0.4, 0.5) is 16.0 Å². The van der Waals surface area contributed by atoms with Crippen LogP contribution in [0.1, 0.15) is 22.5 Å². The van der Waals surface area contributed by atoms with Gasteiger partial charge in [-0.15, -0.1) is 0 Å². The van der Waals surface area contributed by atoms with Crippen molar-refractivity contribution in [1.29, 1.82) is 0 Å². The summed E-state index contributed by atoms with van der Waals surface area (Å²) in [6.07, 6.45) is 3.37. The normalized spacial score (nSPS) is 10.4. The van der Waals surface area contributed by atoms with Crippen LogP contribution in [0.15, 0.2) is 60.8 Å². The molecule has 0 saturated carbocycles. The van der Waals surface area contributed by atoms with E-state index < -0.39 is 11.7 Å². The fourth-order valence-electron chi connectivity index (χ4n) is 2.48. The monoisotopic (exact) mass is 384 g/mol. The standard InChI is InChI=1S/C20H18ClFN4O/c21-16-13-15(8-9-17(16)22)25-19(27)18-10-12-24-20(26-18)23-11-4-7-14-5-2-1-3-6-14/h1-3,5-6,8-10,12-13H,4,7,11H2,(H,25,27)(H,23,24,26). The Bertz CT molecular complexity index is 921. The first-order valence-corrected chi connectivity index (χ1v) is 8.87. The molecule has 0 fully saturated rings. The molecule has 0 aliphatic rings. The number of benzene rings is 2. The number of nitrogens with zero attached hydrogens (tertiary/aromatic N) is 2. The largest absolute Gasteiger partial charge is 0.354 e. The van der Waals surface area contributed by atoms with Gasteiger partial charge in [-0.05, 0) is 42.7 Å². The van der Waals surface area contributed by atoms with E-state index in [2.05, 4.69) is 32.7 Å². The molecular weight excluding hydrogens is 367 g/mol. The lowest BCUT2D eigenvalue weighted by Crippen LogP contribution is -2.15. The summed E-state index contributed by atoms with van der Waals surface area (Å²) in [7, 11) is 0. The number of aromatic nitrogens is 2. The Morgan fingerprint density at radius 3 is 2.70 bits per heavy atom. The summed E-state index contributed by atoms with van der Waals surface area (Å²) in [6, 6.07) is 15.7. The highest BCUT2D eigenvalue weighted by atomic mass is 35.5. The molecule has 1 heterocycles. The smallest absolute Gasteiger partial charge is 0.274 e. The first kappa shape index (κ1) is 18.8. The fourth-order valence-corrected chi connectivity index (χ4v) is 2.66. The summed E-state index contributed by atoms with van der Waals surface area (Å²) < 4.78 is 13.2. The SMILES string of the molecule is O=C(Nc1ccc(F)c(Cl)c1)c1ccnc(NCCCc2ccccc2)n1. The third kappa shape index (κ3) is 5.49. The van der Waals surface area contributed by atoms with Crippen LogP contribution in [0.5, 0.6) is 0 Å². The van der Waals surface area contributed by atoms with E-state index in [4.69, 9.17) is 11.6 Å². The van der Waals surface area contributed by atoms with Crippen molar-refractivity contribution in [3.05, 3.63) is 82.9 Å². The molecule has 0 saturated heterocycles. The van der Waals surface area contributed by atoms with Crippen molar-refractivity contribution in [2.24, 2.45) is 0 Å². The minimum Gasteiger partial charge on any atom is -0.354 e. The lowest BCUT2D eigenvalue weighted by molar-refractivity contribution is 0.102. The predicted octanol–water partition coefficient (Wildman–Crippen LogP) is 4.57. The molecule has 0 bridgehead atoms. The Balaban J connectivity index is 1.54. The zero-order valence-electron chi connectivity index (χ0n) is 14.5. The second kappa shape index (κ2) is 9.09. The Labute approximate surface area is 161 Å².